The summed E-state index contributed by atoms with van der Waals surface area (Å²) in [6.07, 6.45) is 2.64. The zero-order chi connectivity index (χ0) is 14.4. The Hall–Kier alpha value is -1.65. The highest BCUT2D eigenvalue weighted by Crippen LogP contribution is 2.20. The third kappa shape index (κ3) is 3.68. The maximum atomic E-state index is 9.25. The second-order valence-electron chi connectivity index (χ2n) is 5.20. The molecule has 4 nitrogen and oxygen atoms in total. The summed E-state index contributed by atoms with van der Waals surface area (Å²) in [5, 5.41) is 19.8. The number of hydrogen-bond donors (Lipinski definition) is 3. The predicted octanol–water partition coefficient (Wildman–Crippen LogP) is 2.53. The quantitative estimate of drug-likeness (QED) is 0.726. The summed E-state index contributed by atoms with van der Waals surface area (Å²) in [4.78, 5) is 0. The molecule has 0 radical (unpaired) electrons. The zero-order valence-electron chi connectivity index (χ0n) is 12.1. The first kappa shape index (κ1) is 14.8. The van der Waals surface area contributed by atoms with E-state index in [4.69, 9.17) is 0 Å². The number of aliphatic hydroxyl groups is 1. The fraction of sp³-hybridized carbons (Fsp3) is 0.438. The fourth-order valence-electron chi connectivity index (χ4n) is 2.49. The molecule has 3 N–H and O–H groups in total. The van der Waals surface area contributed by atoms with E-state index in [9.17, 15) is 5.11 Å². The third-order valence-corrected chi connectivity index (χ3v) is 3.75. The van der Waals surface area contributed by atoms with Crippen molar-refractivity contribution in [1.82, 2.24) is 15.5 Å². The molecule has 0 bridgehead atoms. The summed E-state index contributed by atoms with van der Waals surface area (Å²) < 4.78 is 0. The Morgan fingerprint density at radius 3 is 2.65 bits per heavy atom. The fourth-order valence-corrected chi connectivity index (χ4v) is 2.49. The molecule has 20 heavy (non-hydrogen) atoms. The molecule has 1 aromatic carbocycles. The number of aryl methyl sites for hydroxylation is 1. The van der Waals surface area contributed by atoms with Gasteiger partial charge in [-0.25, -0.2) is 0 Å². The van der Waals surface area contributed by atoms with Crippen molar-refractivity contribution in [2.75, 3.05) is 13.2 Å². The van der Waals surface area contributed by atoms with Gasteiger partial charge in [-0.15, -0.1) is 0 Å². The van der Waals surface area contributed by atoms with Gasteiger partial charge in [0.1, 0.15) is 0 Å². The van der Waals surface area contributed by atoms with E-state index < -0.39 is 0 Å². The average Bonchev–Trinajstić information content (AvgIpc) is 2.90. The van der Waals surface area contributed by atoms with E-state index in [-0.39, 0.29) is 12.6 Å². The van der Waals surface area contributed by atoms with Gasteiger partial charge in [0.2, 0.25) is 0 Å². The summed E-state index contributed by atoms with van der Waals surface area (Å²) in [7, 11) is 0. The second kappa shape index (κ2) is 7.22. The first-order valence-corrected chi connectivity index (χ1v) is 7.11. The molecular weight excluding hydrogens is 250 g/mol. The number of aromatic nitrogens is 2. The molecule has 1 heterocycles. The van der Waals surface area contributed by atoms with Crippen LogP contribution in [-0.2, 0) is 0 Å². The molecule has 0 aliphatic rings. The predicted molar refractivity (Wildman–Crippen MR) is 80.6 cm³/mol. The first-order chi connectivity index (χ1) is 9.72. The molecule has 2 atom stereocenters. The van der Waals surface area contributed by atoms with E-state index in [0.717, 1.165) is 18.7 Å². The molecule has 0 aliphatic carbocycles. The number of rotatable bonds is 7. The Labute approximate surface area is 120 Å². The molecule has 0 amide bonds. The van der Waals surface area contributed by atoms with Gasteiger partial charge >= 0.3 is 0 Å². The molecule has 0 fully saturated rings. The minimum atomic E-state index is 0.209. The van der Waals surface area contributed by atoms with Crippen LogP contribution in [0.3, 0.4) is 0 Å². The van der Waals surface area contributed by atoms with Crippen molar-refractivity contribution in [2.24, 2.45) is 0 Å². The molecule has 0 saturated carbocycles. The lowest BCUT2D eigenvalue weighted by molar-refractivity contribution is 0.272. The van der Waals surface area contributed by atoms with Gasteiger partial charge in [-0.1, -0.05) is 30.3 Å². The number of aliphatic hydroxyl groups excluding tert-OH is 1. The van der Waals surface area contributed by atoms with Crippen LogP contribution < -0.4 is 5.32 Å². The minimum absolute atomic E-state index is 0.209. The summed E-state index contributed by atoms with van der Waals surface area (Å²) in [5.74, 6) is 0.329. The van der Waals surface area contributed by atoms with Crippen molar-refractivity contribution in [3.8, 4) is 0 Å². The van der Waals surface area contributed by atoms with Crippen LogP contribution in [0.1, 0.15) is 42.1 Å². The number of nitrogens with one attached hydrogen (secondary N) is 2. The van der Waals surface area contributed by atoms with Crippen LogP contribution in [-0.4, -0.2) is 28.5 Å². The Morgan fingerprint density at radius 1 is 1.30 bits per heavy atom. The van der Waals surface area contributed by atoms with E-state index in [1.54, 1.807) is 0 Å². The number of benzene rings is 1. The third-order valence-electron chi connectivity index (χ3n) is 3.75. The Kier molecular flexibility index (Phi) is 5.32. The SMILES string of the molecule is Cc1[nH]ncc1C(C)NCC(CCO)c1ccccc1. The van der Waals surface area contributed by atoms with Gasteiger partial charge < -0.3 is 10.4 Å². The molecule has 2 aromatic rings. The van der Waals surface area contributed by atoms with E-state index in [0.29, 0.717) is 5.92 Å². The van der Waals surface area contributed by atoms with Gasteiger partial charge in [-0.3, -0.25) is 5.10 Å². The van der Waals surface area contributed by atoms with Crippen LogP contribution in [0.5, 0.6) is 0 Å². The Morgan fingerprint density at radius 2 is 2.05 bits per heavy atom. The number of aromatic amines is 1. The highest BCUT2D eigenvalue weighted by molar-refractivity contribution is 5.21. The second-order valence-corrected chi connectivity index (χ2v) is 5.20. The lowest BCUT2D eigenvalue weighted by atomic mass is 9.95. The van der Waals surface area contributed by atoms with E-state index in [1.165, 1.54) is 11.1 Å². The first-order valence-electron chi connectivity index (χ1n) is 7.11. The molecule has 0 spiro atoms. The molecule has 2 unspecified atom stereocenters. The van der Waals surface area contributed by atoms with Crippen molar-refractivity contribution in [1.29, 1.82) is 0 Å². The summed E-state index contributed by atoms with van der Waals surface area (Å²) in [6, 6.07) is 10.6. The standard InChI is InChI=1S/C16H23N3O/c1-12(16-11-18-19-13(16)2)17-10-15(8-9-20)14-6-4-3-5-7-14/h3-7,11-12,15,17,20H,8-10H2,1-2H3,(H,18,19). The van der Waals surface area contributed by atoms with Gasteiger partial charge in [-0.2, -0.15) is 5.10 Å². The van der Waals surface area contributed by atoms with Crippen LogP contribution in [0.25, 0.3) is 0 Å². The maximum Gasteiger partial charge on any atom is 0.0537 e. The number of hydrogen-bond acceptors (Lipinski definition) is 3. The molecule has 0 aliphatic heterocycles. The average molecular weight is 273 g/mol. The number of nitrogens with zero attached hydrogens (tertiary/aromatic N) is 1. The normalized spacial score (nSPS) is 14.2. The van der Waals surface area contributed by atoms with Crippen LogP contribution >= 0.6 is 0 Å². The summed E-state index contributed by atoms with van der Waals surface area (Å²) >= 11 is 0. The van der Waals surface area contributed by atoms with Crippen LogP contribution in [0.15, 0.2) is 36.5 Å². The molecule has 2 rings (SSSR count). The van der Waals surface area contributed by atoms with Crippen molar-refractivity contribution in [3.63, 3.8) is 0 Å². The van der Waals surface area contributed by atoms with Crippen molar-refractivity contribution in [2.45, 2.75) is 32.2 Å². The molecule has 1 aromatic heterocycles. The maximum absolute atomic E-state index is 9.25. The van der Waals surface area contributed by atoms with E-state index >= 15 is 0 Å². The van der Waals surface area contributed by atoms with Crippen molar-refractivity contribution in [3.05, 3.63) is 53.3 Å². The van der Waals surface area contributed by atoms with E-state index in [1.807, 2.05) is 31.3 Å². The summed E-state index contributed by atoms with van der Waals surface area (Å²) in [6.45, 7) is 5.22. The Bertz CT molecular complexity index is 509. The van der Waals surface area contributed by atoms with Gasteiger partial charge in [0.05, 0.1) is 6.20 Å². The lowest BCUT2D eigenvalue weighted by Gasteiger charge is -2.20. The van der Waals surface area contributed by atoms with Crippen molar-refractivity contribution >= 4 is 0 Å². The monoisotopic (exact) mass is 273 g/mol. The minimum Gasteiger partial charge on any atom is -0.396 e. The number of H-pyrrole nitrogens is 1. The van der Waals surface area contributed by atoms with Gasteiger partial charge in [0.25, 0.3) is 0 Å². The van der Waals surface area contributed by atoms with Crippen LogP contribution in [0, 0.1) is 6.92 Å². The zero-order valence-corrected chi connectivity index (χ0v) is 12.1. The van der Waals surface area contributed by atoms with Crippen LogP contribution in [0.2, 0.25) is 0 Å². The van der Waals surface area contributed by atoms with Gasteiger partial charge in [-0.05, 0) is 31.7 Å². The van der Waals surface area contributed by atoms with Gasteiger partial charge in [0, 0.05) is 30.5 Å². The van der Waals surface area contributed by atoms with Crippen LogP contribution in [0.4, 0.5) is 0 Å². The highest BCUT2D eigenvalue weighted by atomic mass is 16.3. The molecular formula is C16H23N3O. The largest absolute Gasteiger partial charge is 0.396 e. The summed E-state index contributed by atoms with van der Waals surface area (Å²) in [5.41, 5.74) is 3.56. The molecule has 108 valence electrons. The van der Waals surface area contributed by atoms with Gasteiger partial charge in [0.15, 0.2) is 0 Å². The van der Waals surface area contributed by atoms with E-state index in [2.05, 4.69) is 34.6 Å². The lowest BCUT2D eigenvalue weighted by Crippen LogP contribution is -2.25. The molecule has 0 saturated heterocycles. The Balaban J connectivity index is 1.97. The van der Waals surface area contributed by atoms with Crippen molar-refractivity contribution < 1.29 is 5.11 Å². The topological polar surface area (TPSA) is 60.9 Å². The highest BCUT2D eigenvalue weighted by Gasteiger charge is 2.14. The smallest absolute Gasteiger partial charge is 0.0537 e. The molecule has 4 heteroatoms.